The van der Waals surface area contributed by atoms with Crippen molar-refractivity contribution < 1.29 is 0 Å². The van der Waals surface area contributed by atoms with Crippen LogP contribution in [0.4, 0.5) is 0 Å². The smallest absolute Gasteiger partial charge is 0.0776 e. The number of fused-ring (bicyclic) bond motifs is 9. The maximum atomic E-state index is 2.58. The second-order valence-corrected chi connectivity index (χ2v) is 45.1. The highest BCUT2D eigenvalue weighted by molar-refractivity contribution is 6.90. The van der Waals surface area contributed by atoms with E-state index in [9.17, 15) is 0 Å². The molecule has 10 aromatic carbocycles. The van der Waals surface area contributed by atoms with Gasteiger partial charge in [0.1, 0.15) is 0 Å². The molecule has 3 nitrogen and oxygen atoms in total. The van der Waals surface area contributed by atoms with Crippen LogP contribution in [0.5, 0.6) is 0 Å². The molecule has 13 aromatic rings. The van der Waals surface area contributed by atoms with Crippen molar-refractivity contribution in [3.05, 3.63) is 164 Å². The van der Waals surface area contributed by atoms with Crippen LogP contribution in [0.3, 0.4) is 0 Å². The molecule has 0 atom stereocenters. The third-order valence-corrected chi connectivity index (χ3v) is 24.1. The van der Waals surface area contributed by atoms with Gasteiger partial charge in [-0.2, -0.15) is 0 Å². The minimum Gasteiger partial charge on any atom is -0.309 e. The summed E-state index contributed by atoms with van der Waals surface area (Å²) >= 11 is 0. The molecular formula is C64H63N3Si4. The van der Waals surface area contributed by atoms with Crippen molar-refractivity contribution in [2.45, 2.75) is 78.6 Å². The van der Waals surface area contributed by atoms with Gasteiger partial charge in [-0.25, -0.2) is 0 Å². The summed E-state index contributed by atoms with van der Waals surface area (Å²) in [5, 5.41) is 21.7. The lowest BCUT2D eigenvalue weighted by Crippen LogP contribution is -2.37. The molecule has 0 aliphatic carbocycles. The Morgan fingerprint density at radius 3 is 0.887 bits per heavy atom. The van der Waals surface area contributed by atoms with E-state index in [1.807, 2.05) is 0 Å². The number of hydrogen-bond acceptors (Lipinski definition) is 0. The summed E-state index contributed by atoms with van der Waals surface area (Å²) in [5.41, 5.74) is 11.0. The average Bonchev–Trinajstić information content (AvgIpc) is 3.96. The van der Waals surface area contributed by atoms with E-state index in [-0.39, 0.29) is 0 Å². The van der Waals surface area contributed by atoms with Crippen molar-refractivity contribution in [2.24, 2.45) is 0 Å². The van der Waals surface area contributed by atoms with Gasteiger partial charge in [-0.3, -0.25) is 0 Å². The van der Waals surface area contributed by atoms with Crippen LogP contribution in [0.15, 0.2) is 164 Å². The maximum absolute atomic E-state index is 2.58. The molecule has 0 unspecified atom stereocenters. The highest BCUT2D eigenvalue weighted by Gasteiger charge is 2.26. The fourth-order valence-corrected chi connectivity index (χ4v) is 16.5. The van der Waals surface area contributed by atoms with Gasteiger partial charge in [0, 0.05) is 49.4 Å². The molecule has 0 aliphatic rings. The van der Waals surface area contributed by atoms with Crippen LogP contribution in [-0.2, 0) is 0 Å². The van der Waals surface area contributed by atoms with E-state index in [2.05, 4.69) is 256 Å². The summed E-state index contributed by atoms with van der Waals surface area (Å²) in [4.78, 5) is 0. The van der Waals surface area contributed by atoms with E-state index in [0.29, 0.717) is 0 Å². The summed E-state index contributed by atoms with van der Waals surface area (Å²) in [6, 6.07) is 64.8. The van der Waals surface area contributed by atoms with E-state index in [4.69, 9.17) is 0 Å². The summed E-state index contributed by atoms with van der Waals surface area (Å²) in [7, 11) is -6.33. The van der Waals surface area contributed by atoms with Crippen LogP contribution in [-0.4, -0.2) is 46.0 Å². The quantitative estimate of drug-likeness (QED) is 0.112. The number of aromatic nitrogens is 3. The van der Waals surface area contributed by atoms with Crippen LogP contribution < -0.4 is 20.7 Å². The first kappa shape index (κ1) is 44.4. The molecule has 7 heteroatoms. The highest BCUT2D eigenvalue weighted by Crippen LogP contribution is 2.42. The molecule has 350 valence electrons. The van der Waals surface area contributed by atoms with Crippen molar-refractivity contribution in [1.29, 1.82) is 0 Å². The first-order valence-corrected chi connectivity index (χ1v) is 39.7. The number of nitrogens with zero attached hydrogens (tertiary/aromatic N) is 3. The Kier molecular flexibility index (Phi) is 9.41. The lowest BCUT2D eigenvalue weighted by atomic mass is 9.94. The van der Waals surface area contributed by atoms with Gasteiger partial charge < -0.3 is 13.7 Å². The minimum absolute atomic E-state index is 1.17. The van der Waals surface area contributed by atoms with E-state index >= 15 is 0 Å². The largest absolute Gasteiger partial charge is 0.309 e. The van der Waals surface area contributed by atoms with Crippen LogP contribution in [0.25, 0.3) is 115 Å². The second-order valence-electron chi connectivity index (χ2n) is 24.8. The zero-order chi connectivity index (χ0) is 49.3. The van der Waals surface area contributed by atoms with Crippen LogP contribution in [0.1, 0.15) is 0 Å². The zero-order valence-electron chi connectivity index (χ0n) is 43.4. The van der Waals surface area contributed by atoms with Gasteiger partial charge in [0.05, 0.1) is 65.4 Å². The van der Waals surface area contributed by atoms with Gasteiger partial charge in [0.2, 0.25) is 0 Å². The summed E-state index contributed by atoms with van der Waals surface area (Å²) in [6.07, 6.45) is 0. The van der Waals surface area contributed by atoms with Gasteiger partial charge in [-0.05, 0) is 93.0 Å². The molecule has 0 radical (unpaired) electrons. The molecule has 0 saturated heterocycles. The Balaban J connectivity index is 1.12. The molecule has 0 N–H and O–H groups in total. The maximum Gasteiger partial charge on any atom is 0.0776 e. The number of hydrogen-bond donors (Lipinski definition) is 0. The van der Waals surface area contributed by atoms with Gasteiger partial charge in [0.15, 0.2) is 0 Å². The fraction of sp³-hybridized carbons (Fsp3) is 0.188. The van der Waals surface area contributed by atoms with Crippen LogP contribution >= 0.6 is 0 Å². The lowest BCUT2D eigenvalue weighted by molar-refractivity contribution is 1.15. The zero-order valence-corrected chi connectivity index (χ0v) is 47.4. The Morgan fingerprint density at radius 1 is 0.239 bits per heavy atom. The van der Waals surface area contributed by atoms with E-state index in [1.54, 1.807) is 0 Å². The Labute approximate surface area is 421 Å². The average molecular weight is 987 g/mol. The predicted molar refractivity (Wildman–Crippen MR) is 325 cm³/mol. The second kappa shape index (κ2) is 15.0. The molecule has 71 heavy (non-hydrogen) atoms. The molecule has 3 heterocycles. The van der Waals surface area contributed by atoms with Crippen molar-refractivity contribution in [2.75, 3.05) is 0 Å². The van der Waals surface area contributed by atoms with Gasteiger partial charge in [0.25, 0.3) is 0 Å². The molecule has 0 saturated carbocycles. The van der Waals surface area contributed by atoms with Crippen LogP contribution in [0.2, 0.25) is 78.6 Å². The predicted octanol–water partition coefficient (Wildman–Crippen LogP) is 16.1. The summed E-state index contributed by atoms with van der Waals surface area (Å²) in [6.45, 7) is 29.6. The van der Waals surface area contributed by atoms with Crippen molar-refractivity contribution in [1.82, 2.24) is 13.7 Å². The molecule has 0 aliphatic heterocycles. The van der Waals surface area contributed by atoms with Crippen molar-refractivity contribution in [3.63, 3.8) is 0 Å². The summed E-state index contributed by atoms with van der Waals surface area (Å²) < 4.78 is 7.66. The molecule has 0 amide bonds. The van der Waals surface area contributed by atoms with E-state index in [0.717, 1.165) is 0 Å². The monoisotopic (exact) mass is 985 g/mol. The topological polar surface area (TPSA) is 14.8 Å². The van der Waals surface area contributed by atoms with Crippen molar-refractivity contribution in [3.8, 4) is 17.1 Å². The third kappa shape index (κ3) is 6.83. The molecule has 0 bridgehead atoms. The highest BCUT2D eigenvalue weighted by atomic mass is 28.3. The van der Waals surface area contributed by atoms with Gasteiger partial charge >= 0.3 is 0 Å². The fourth-order valence-electron chi connectivity index (χ4n) is 11.9. The first-order valence-electron chi connectivity index (χ1n) is 25.7. The van der Waals surface area contributed by atoms with E-state index < -0.39 is 32.3 Å². The normalized spacial score (nSPS) is 13.4. The Hall–Kier alpha value is -6.49. The van der Waals surface area contributed by atoms with Gasteiger partial charge in [-0.15, -0.1) is 0 Å². The molecule has 13 rings (SSSR count). The SMILES string of the molecule is C[Si](C)(C)c1ccc2c(c1)c1cc([Si](C)(C)C)ccc1n2-c1ccc2c3ccc(-n4c5ccc([Si](C)(C)C)cc5c5cc([Si](C)(C)C)ccc54)cc3n(-c3cc4ccc5cccc6ccc(c3)c4c56)c2c1. The summed E-state index contributed by atoms with van der Waals surface area (Å²) in [5.74, 6) is 0. The molecule has 0 spiro atoms. The van der Waals surface area contributed by atoms with Gasteiger partial charge in [-0.1, -0.05) is 202 Å². The standard InChI is InChI=1S/C64H63N3Si4/c1-68(2,3)47-22-28-57-53(36-47)54-37-48(69(4,5)6)23-29-58(54)65(57)44-20-26-51-52-27-21-45(66-59-30-24-49(70(7,8)9)38-55(59)56-39-50(71(10,11)12)25-31-60(56)66)35-62(52)67(61(51)34-44)46-32-42-18-16-40-14-13-15-41-17-19-43(33-46)64(42)63(40)41/h13-39H,1-12H3. The molecule has 0 fully saturated rings. The van der Waals surface area contributed by atoms with Crippen LogP contribution in [0, 0.1) is 0 Å². The number of rotatable bonds is 7. The minimum atomic E-state index is -1.58. The number of benzene rings is 10. The van der Waals surface area contributed by atoms with E-state index in [1.165, 1.54) is 136 Å². The Bertz CT molecular complexity index is 3970. The molecular weight excluding hydrogens is 923 g/mol. The third-order valence-electron chi connectivity index (χ3n) is 16.0. The lowest BCUT2D eigenvalue weighted by Gasteiger charge is -2.17. The van der Waals surface area contributed by atoms with Crippen molar-refractivity contribution >= 4 is 151 Å². The Morgan fingerprint density at radius 2 is 0.549 bits per heavy atom. The molecule has 3 aromatic heterocycles. The first-order chi connectivity index (χ1) is 33.7.